The largest absolute Gasteiger partial charge is 0.354 e. The van der Waals surface area contributed by atoms with Crippen molar-refractivity contribution in [1.29, 1.82) is 0 Å². The van der Waals surface area contributed by atoms with Crippen LogP contribution in [0.5, 0.6) is 0 Å². The molecule has 7 nitrogen and oxygen atoms in total. The predicted molar refractivity (Wildman–Crippen MR) is 89.0 cm³/mol. The minimum atomic E-state index is -0.147. The predicted octanol–water partition coefficient (Wildman–Crippen LogP) is 0.639. The number of carbonyl (C=O) groups excluding carboxylic acids is 1. The second-order valence-electron chi connectivity index (χ2n) is 4.30. The number of halogens is 2. The van der Waals surface area contributed by atoms with Gasteiger partial charge in [0.05, 0.1) is 18.6 Å². The van der Waals surface area contributed by atoms with Crippen molar-refractivity contribution in [2.75, 3.05) is 42.6 Å². The quantitative estimate of drug-likeness (QED) is 0.668. The lowest BCUT2D eigenvalue weighted by atomic mass is 10.3. The highest BCUT2D eigenvalue weighted by molar-refractivity contribution is 8.93. The molecule has 0 aromatic carbocycles. The van der Waals surface area contributed by atoms with Gasteiger partial charge in [-0.1, -0.05) is 0 Å². The van der Waals surface area contributed by atoms with Crippen LogP contribution in [0, 0.1) is 0 Å². The van der Waals surface area contributed by atoms with Crippen LogP contribution in [0.4, 0.5) is 16.3 Å². The van der Waals surface area contributed by atoms with Gasteiger partial charge in [0.1, 0.15) is 5.82 Å². The molecule has 20 heavy (non-hydrogen) atoms. The Balaban J connectivity index is 0.000001000. The Hall–Kier alpha value is -0.900. The third kappa shape index (κ3) is 3.60. The summed E-state index contributed by atoms with van der Waals surface area (Å²) < 4.78 is 0. The van der Waals surface area contributed by atoms with E-state index in [9.17, 15) is 4.79 Å². The molecule has 1 aromatic heterocycles. The molecule has 2 saturated heterocycles. The summed E-state index contributed by atoms with van der Waals surface area (Å²) in [5, 5.41) is 3.31. The van der Waals surface area contributed by atoms with Gasteiger partial charge in [-0.15, -0.1) is 34.0 Å². The Bertz CT molecular complexity index is 437. The molecular weight excluding hydrogens is 392 g/mol. The van der Waals surface area contributed by atoms with Gasteiger partial charge in [0.25, 0.3) is 0 Å². The number of nitrogens with zero attached hydrogens (tertiary/aromatic N) is 3. The third-order valence-electron chi connectivity index (χ3n) is 3.16. The van der Waals surface area contributed by atoms with Gasteiger partial charge in [-0.3, -0.25) is 10.3 Å². The molecular formula is C11H18Br2N6O. The lowest BCUT2D eigenvalue weighted by molar-refractivity contribution is 0.250. The molecule has 3 rings (SSSR count). The van der Waals surface area contributed by atoms with E-state index in [1.807, 2.05) is 12.1 Å². The van der Waals surface area contributed by atoms with E-state index in [1.54, 1.807) is 11.1 Å². The standard InChI is InChI=1S/C11H16N6O.2BrH/c18-11-15-14-8-17(11)9-1-2-10(13-7-9)16-5-3-12-4-6-16;;/h1-2,7,12,14H,3-6,8H2,(H,15,18);2*1H. The molecule has 2 aliphatic heterocycles. The van der Waals surface area contributed by atoms with Gasteiger partial charge in [-0.05, 0) is 12.1 Å². The van der Waals surface area contributed by atoms with Gasteiger partial charge in [0.15, 0.2) is 0 Å². The van der Waals surface area contributed by atoms with E-state index >= 15 is 0 Å². The van der Waals surface area contributed by atoms with E-state index in [-0.39, 0.29) is 40.0 Å². The molecule has 2 fully saturated rings. The Morgan fingerprint density at radius 1 is 1.15 bits per heavy atom. The van der Waals surface area contributed by atoms with Crippen molar-refractivity contribution < 1.29 is 4.79 Å². The van der Waals surface area contributed by atoms with Crippen LogP contribution in [-0.4, -0.2) is 43.9 Å². The Morgan fingerprint density at radius 3 is 2.45 bits per heavy atom. The van der Waals surface area contributed by atoms with E-state index in [2.05, 4.69) is 26.1 Å². The van der Waals surface area contributed by atoms with Crippen LogP contribution >= 0.6 is 34.0 Å². The molecule has 112 valence electrons. The molecule has 0 aliphatic carbocycles. The van der Waals surface area contributed by atoms with Crippen LogP contribution in [0.15, 0.2) is 18.3 Å². The van der Waals surface area contributed by atoms with E-state index < -0.39 is 0 Å². The van der Waals surface area contributed by atoms with Crippen molar-refractivity contribution in [3.8, 4) is 0 Å². The molecule has 2 amide bonds. The monoisotopic (exact) mass is 408 g/mol. The summed E-state index contributed by atoms with van der Waals surface area (Å²) in [5.41, 5.74) is 6.12. The van der Waals surface area contributed by atoms with Crippen LogP contribution in [0.1, 0.15) is 0 Å². The highest BCUT2D eigenvalue weighted by Gasteiger charge is 2.21. The normalized spacial score (nSPS) is 18.1. The summed E-state index contributed by atoms with van der Waals surface area (Å²) in [6, 6.07) is 3.75. The lowest BCUT2D eigenvalue weighted by Crippen LogP contribution is -2.43. The Morgan fingerprint density at radius 2 is 1.90 bits per heavy atom. The van der Waals surface area contributed by atoms with Crippen LogP contribution < -0.4 is 26.0 Å². The SMILES string of the molecule is Br.Br.O=C1NNCN1c1ccc(N2CCNCC2)nc1. The number of nitrogens with one attached hydrogen (secondary N) is 3. The van der Waals surface area contributed by atoms with Crippen molar-refractivity contribution in [1.82, 2.24) is 21.2 Å². The van der Waals surface area contributed by atoms with Crippen molar-refractivity contribution in [2.45, 2.75) is 0 Å². The molecule has 1 aromatic rings. The summed E-state index contributed by atoms with van der Waals surface area (Å²) in [7, 11) is 0. The van der Waals surface area contributed by atoms with Gasteiger partial charge in [-0.2, -0.15) is 0 Å². The first-order chi connectivity index (χ1) is 8.84. The molecule has 0 atom stereocenters. The fourth-order valence-corrected chi connectivity index (χ4v) is 2.16. The number of hydrogen-bond donors (Lipinski definition) is 3. The fourth-order valence-electron chi connectivity index (χ4n) is 2.16. The van der Waals surface area contributed by atoms with Gasteiger partial charge in [0, 0.05) is 26.2 Å². The lowest BCUT2D eigenvalue weighted by Gasteiger charge is -2.28. The molecule has 9 heteroatoms. The number of hydrazine groups is 1. The van der Waals surface area contributed by atoms with E-state index in [4.69, 9.17) is 0 Å². The zero-order valence-corrected chi connectivity index (χ0v) is 14.3. The average Bonchev–Trinajstić information content (AvgIpc) is 2.86. The number of amides is 2. The molecule has 0 saturated carbocycles. The number of piperazine rings is 1. The van der Waals surface area contributed by atoms with Crippen molar-refractivity contribution in [2.24, 2.45) is 0 Å². The average molecular weight is 410 g/mol. The van der Waals surface area contributed by atoms with Gasteiger partial charge >= 0.3 is 6.03 Å². The maximum atomic E-state index is 11.5. The number of rotatable bonds is 2. The summed E-state index contributed by atoms with van der Waals surface area (Å²) in [6.45, 7) is 4.38. The summed E-state index contributed by atoms with van der Waals surface area (Å²) >= 11 is 0. The molecule has 0 unspecified atom stereocenters. The minimum absolute atomic E-state index is 0. The van der Waals surface area contributed by atoms with Crippen LogP contribution in [0.2, 0.25) is 0 Å². The number of urea groups is 1. The van der Waals surface area contributed by atoms with E-state index in [1.165, 1.54) is 0 Å². The summed E-state index contributed by atoms with van der Waals surface area (Å²) in [4.78, 5) is 19.7. The number of carbonyl (C=O) groups is 1. The molecule has 0 bridgehead atoms. The number of pyridine rings is 1. The first-order valence-corrected chi connectivity index (χ1v) is 6.07. The van der Waals surface area contributed by atoms with Gasteiger partial charge in [-0.25, -0.2) is 15.2 Å². The van der Waals surface area contributed by atoms with Crippen LogP contribution in [0.3, 0.4) is 0 Å². The van der Waals surface area contributed by atoms with Crippen molar-refractivity contribution >= 4 is 51.5 Å². The minimum Gasteiger partial charge on any atom is -0.354 e. The topological polar surface area (TPSA) is 72.5 Å². The second kappa shape index (κ2) is 7.77. The number of aromatic nitrogens is 1. The first-order valence-electron chi connectivity index (χ1n) is 6.07. The Kier molecular flexibility index (Phi) is 6.66. The zero-order valence-electron chi connectivity index (χ0n) is 10.8. The maximum Gasteiger partial charge on any atom is 0.337 e. The number of anilines is 2. The highest BCUT2D eigenvalue weighted by Crippen LogP contribution is 2.18. The number of hydrogen-bond acceptors (Lipinski definition) is 5. The smallest absolute Gasteiger partial charge is 0.337 e. The summed E-state index contributed by atoms with van der Waals surface area (Å²) in [5.74, 6) is 0.966. The Labute approximate surface area is 138 Å². The first kappa shape index (κ1) is 17.2. The molecule has 0 spiro atoms. The highest BCUT2D eigenvalue weighted by atomic mass is 79.9. The molecule has 0 radical (unpaired) electrons. The van der Waals surface area contributed by atoms with E-state index in [0.717, 1.165) is 37.7 Å². The van der Waals surface area contributed by atoms with Crippen LogP contribution in [0.25, 0.3) is 0 Å². The van der Waals surface area contributed by atoms with Gasteiger partial charge < -0.3 is 10.2 Å². The molecule has 3 heterocycles. The molecule has 2 aliphatic rings. The summed E-state index contributed by atoms with van der Waals surface area (Å²) in [6.07, 6.45) is 1.74. The van der Waals surface area contributed by atoms with Crippen molar-refractivity contribution in [3.05, 3.63) is 18.3 Å². The van der Waals surface area contributed by atoms with Crippen molar-refractivity contribution in [3.63, 3.8) is 0 Å². The molecule has 3 N–H and O–H groups in total. The third-order valence-corrected chi connectivity index (χ3v) is 3.16. The van der Waals surface area contributed by atoms with Crippen LogP contribution in [-0.2, 0) is 0 Å². The zero-order chi connectivity index (χ0) is 12.4. The fraction of sp³-hybridized carbons (Fsp3) is 0.455. The maximum absolute atomic E-state index is 11.5. The van der Waals surface area contributed by atoms with E-state index in [0.29, 0.717) is 6.67 Å². The second-order valence-corrected chi connectivity index (χ2v) is 4.30. The van der Waals surface area contributed by atoms with Gasteiger partial charge in [0.2, 0.25) is 0 Å².